The molecular formula is C17H23ClN2O4. The van der Waals surface area contributed by atoms with Gasteiger partial charge in [0.15, 0.2) is 0 Å². The van der Waals surface area contributed by atoms with Crippen molar-refractivity contribution in [2.75, 3.05) is 11.9 Å². The largest absolute Gasteiger partial charge is 0.444 e. The predicted octanol–water partition coefficient (Wildman–Crippen LogP) is 2.96. The summed E-state index contributed by atoms with van der Waals surface area (Å²) in [4.78, 5) is 26.1. The molecule has 1 aromatic rings. The van der Waals surface area contributed by atoms with E-state index in [0.29, 0.717) is 10.7 Å². The maximum atomic E-state index is 12.6. The first-order valence-corrected chi connectivity index (χ1v) is 8.19. The Morgan fingerprint density at radius 3 is 2.67 bits per heavy atom. The standard InChI is InChI=1S/C17H23ClN2O4/c1-10-5-6-11(18)7-13(10)19-15(22)14-8-12(21)9-20(14)16(23)24-17(2,3)4/h5-7,12,14,21H,8-9H2,1-4H3,(H,19,22). The van der Waals surface area contributed by atoms with Crippen molar-refractivity contribution in [2.45, 2.75) is 51.9 Å². The summed E-state index contributed by atoms with van der Waals surface area (Å²) >= 11 is 5.96. The van der Waals surface area contributed by atoms with Crippen molar-refractivity contribution >= 4 is 29.3 Å². The number of nitrogens with zero attached hydrogens (tertiary/aromatic N) is 1. The van der Waals surface area contributed by atoms with Gasteiger partial charge in [-0.3, -0.25) is 9.69 Å². The molecule has 7 heteroatoms. The van der Waals surface area contributed by atoms with Crippen LogP contribution in [-0.2, 0) is 9.53 Å². The predicted molar refractivity (Wildman–Crippen MR) is 92.2 cm³/mol. The minimum Gasteiger partial charge on any atom is -0.444 e. The summed E-state index contributed by atoms with van der Waals surface area (Å²) in [5, 5.41) is 13.2. The van der Waals surface area contributed by atoms with Gasteiger partial charge >= 0.3 is 6.09 Å². The van der Waals surface area contributed by atoms with Crippen LogP contribution in [0.15, 0.2) is 18.2 Å². The minimum absolute atomic E-state index is 0.0710. The molecule has 0 saturated carbocycles. The van der Waals surface area contributed by atoms with Gasteiger partial charge in [-0.2, -0.15) is 0 Å². The monoisotopic (exact) mass is 354 g/mol. The van der Waals surface area contributed by atoms with Crippen LogP contribution in [0.4, 0.5) is 10.5 Å². The molecule has 1 aromatic carbocycles. The highest BCUT2D eigenvalue weighted by molar-refractivity contribution is 6.31. The molecule has 24 heavy (non-hydrogen) atoms. The summed E-state index contributed by atoms with van der Waals surface area (Å²) in [5.74, 6) is -0.372. The summed E-state index contributed by atoms with van der Waals surface area (Å²) < 4.78 is 5.32. The number of amides is 2. The molecule has 1 saturated heterocycles. The molecule has 0 aromatic heterocycles. The Morgan fingerprint density at radius 2 is 2.04 bits per heavy atom. The second-order valence-corrected chi connectivity index (χ2v) is 7.42. The fraction of sp³-hybridized carbons (Fsp3) is 0.529. The van der Waals surface area contributed by atoms with Crippen LogP contribution >= 0.6 is 11.6 Å². The van der Waals surface area contributed by atoms with Crippen molar-refractivity contribution in [1.82, 2.24) is 4.90 Å². The molecule has 2 amide bonds. The van der Waals surface area contributed by atoms with Gasteiger partial charge in [-0.15, -0.1) is 0 Å². The fourth-order valence-electron chi connectivity index (χ4n) is 2.53. The van der Waals surface area contributed by atoms with Gasteiger partial charge in [0.05, 0.1) is 12.6 Å². The van der Waals surface area contributed by atoms with E-state index in [1.807, 2.05) is 6.92 Å². The molecule has 2 rings (SSSR count). The number of hydrogen-bond acceptors (Lipinski definition) is 4. The van der Waals surface area contributed by atoms with Gasteiger partial charge in [-0.1, -0.05) is 17.7 Å². The summed E-state index contributed by atoms with van der Waals surface area (Å²) in [6.07, 6.45) is -1.19. The zero-order valence-electron chi connectivity index (χ0n) is 14.3. The number of β-amino-alcohol motifs (C(OH)–C–C–N with tert-alkyl or cyclic N) is 1. The van der Waals surface area contributed by atoms with Crippen LogP contribution in [0.25, 0.3) is 0 Å². The average Bonchev–Trinajstić information content (AvgIpc) is 2.83. The van der Waals surface area contributed by atoms with E-state index >= 15 is 0 Å². The lowest BCUT2D eigenvalue weighted by molar-refractivity contribution is -0.120. The number of halogens is 1. The van der Waals surface area contributed by atoms with Crippen molar-refractivity contribution < 1.29 is 19.4 Å². The smallest absolute Gasteiger partial charge is 0.411 e. The number of benzene rings is 1. The third-order valence-corrected chi connectivity index (χ3v) is 3.90. The van der Waals surface area contributed by atoms with E-state index in [-0.39, 0.29) is 18.9 Å². The van der Waals surface area contributed by atoms with Crippen molar-refractivity contribution in [2.24, 2.45) is 0 Å². The van der Waals surface area contributed by atoms with Gasteiger partial charge in [-0.05, 0) is 45.4 Å². The molecule has 0 radical (unpaired) electrons. The van der Waals surface area contributed by atoms with Crippen molar-refractivity contribution in [3.8, 4) is 0 Å². The van der Waals surface area contributed by atoms with Crippen LogP contribution in [0.1, 0.15) is 32.8 Å². The maximum Gasteiger partial charge on any atom is 0.411 e. The number of likely N-dealkylation sites (tertiary alicyclic amines) is 1. The number of aliphatic hydroxyl groups excluding tert-OH is 1. The van der Waals surface area contributed by atoms with Gasteiger partial charge in [0.2, 0.25) is 5.91 Å². The Morgan fingerprint density at radius 1 is 1.38 bits per heavy atom. The Hall–Kier alpha value is -1.79. The van der Waals surface area contributed by atoms with E-state index < -0.39 is 23.8 Å². The normalized spacial score (nSPS) is 20.8. The van der Waals surface area contributed by atoms with Crippen LogP contribution in [0.5, 0.6) is 0 Å². The topological polar surface area (TPSA) is 78.9 Å². The zero-order valence-corrected chi connectivity index (χ0v) is 15.1. The fourth-order valence-corrected chi connectivity index (χ4v) is 2.70. The highest BCUT2D eigenvalue weighted by Crippen LogP contribution is 2.25. The van der Waals surface area contributed by atoms with Crippen LogP contribution in [0.2, 0.25) is 5.02 Å². The molecule has 1 fully saturated rings. The highest BCUT2D eigenvalue weighted by atomic mass is 35.5. The zero-order chi connectivity index (χ0) is 18.1. The Labute approximate surface area is 146 Å². The lowest BCUT2D eigenvalue weighted by atomic mass is 10.1. The Bertz CT molecular complexity index is 642. The van der Waals surface area contributed by atoms with Crippen molar-refractivity contribution in [3.63, 3.8) is 0 Å². The second-order valence-electron chi connectivity index (χ2n) is 6.99. The molecule has 6 nitrogen and oxygen atoms in total. The third kappa shape index (κ3) is 4.61. The van der Waals surface area contributed by atoms with Gasteiger partial charge in [-0.25, -0.2) is 4.79 Å². The van der Waals surface area contributed by atoms with E-state index in [0.717, 1.165) is 5.56 Å². The van der Waals surface area contributed by atoms with E-state index in [4.69, 9.17) is 16.3 Å². The molecule has 1 aliphatic rings. The first-order chi connectivity index (χ1) is 11.1. The highest BCUT2D eigenvalue weighted by Gasteiger charge is 2.41. The minimum atomic E-state index is -0.784. The first kappa shape index (κ1) is 18.5. The molecule has 1 heterocycles. The molecule has 0 aliphatic carbocycles. The molecular weight excluding hydrogens is 332 g/mol. The number of aliphatic hydroxyl groups is 1. The lowest BCUT2D eigenvalue weighted by Gasteiger charge is -2.28. The first-order valence-electron chi connectivity index (χ1n) is 7.81. The van der Waals surface area contributed by atoms with Crippen molar-refractivity contribution in [1.29, 1.82) is 0 Å². The molecule has 2 unspecified atom stereocenters. The van der Waals surface area contributed by atoms with Crippen LogP contribution in [0, 0.1) is 6.92 Å². The molecule has 1 aliphatic heterocycles. The second kappa shape index (κ2) is 6.99. The number of nitrogens with one attached hydrogen (secondary N) is 1. The van der Waals surface area contributed by atoms with E-state index in [2.05, 4.69) is 5.32 Å². The summed E-state index contributed by atoms with van der Waals surface area (Å²) in [6, 6.07) is 4.40. The molecule has 132 valence electrons. The van der Waals surface area contributed by atoms with Crippen LogP contribution in [-0.4, -0.2) is 46.3 Å². The quantitative estimate of drug-likeness (QED) is 0.855. The van der Waals surface area contributed by atoms with Gasteiger partial charge in [0.1, 0.15) is 11.6 Å². The Balaban J connectivity index is 2.14. The number of ether oxygens (including phenoxy) is 1. The van der Waals surface area contributed by atoms with Gasteiger partial charge in [0.25, 0.3) is 0 Å². The summed E-state index contributed by atoms with van der Waals surface area (Å²) in [6.45, 7) is 7.17. The average molecular weight is 355 g/mol. The van der Waals surface area contributed by atoms with E-state index in [1.54, 1.807) is 39.0 Å². The lowest BCUT2D eigenvalue weighted by Crippen LogP contribution is -2.45. The number of hydrogen-bond donors (Lipinski definition) is 2. The molecule has 0 spiro atoms. The molecule has 2 N–H and O–H groups in total. The molecule has 0 bridgehead atoms. The SMILES string of the molecule is Cc1ccc(Cl)cc1NC(=O)C1CC(O)CN1C(=O)OC(C)(C)C. The van der Waals surface area contributed by atoms with Gasteiger partial charge in [0, 0.05) is 17.1 Å². The van der Waals surface area contributed by atoms with E-state index in [1.165, 1.54) is 4.90 Å². The van der Waals surface area contributed by atoms with Crippen LogP contribution in [0.3, 0.4) is 0 Å². The number of carbonyl (C=O) groups excluding carboxylic acids is 2. The number of aryl methyl sites for hydroxylation is 1. The number of carbonyl (C=O) groups is 2. The third-order valence-electron chi connectivity index (χ3n) is 3.67. The van der Waals surface area contributed by atoms with Gasteiger partial charge < -0.3 is 15.2 Å². The summed E-state index contributed by atoms with van der Waals surface area (Å²) in [5.41, 5.74) is 0.767. The van der Waals surface area contributed by atoms with E-state index in [9.17, 15) is 14.7 Å². The van der Waals surface area contributed by atoms with Crippen LogP contribution < -0.4 is 5.32 Å². The summed E-state index contributed by atoms with van der Waals surface area (Å²) in [7, 11) is 0. The van der Waals surface area contributed by atoms with Crippen molar-refractivity contribution in [3.05, 3.63) is 28.8 Å². The Kier molecular flexibility index (Phi) is 5.40. The number of anilines is 1. The molecule has 2 atom stereocenters. The number of rotatable bonds is 2. The maximum absolute atomic E-state index is 12.6.